The molecule has 8 bridgehead atoms. The normalized spacial score (nSPS) is 14.1. The number of hydrogen-bond donors (Lipinski definition) is 0. The Balaban J connectivity index is 1.93. The van der Waals surface area contributed by atoms with E-state index in [1.165, 1.54) is 73.9 Å². The number of hydrogen-bond acceptors (Lipinski definition) is 2. The van der Waals surface area contributed by atoms with E-state index in [0.717, 1.165) is 37.2 Å². The van der Waals surface area contributed by atoms with Gasteiger partial charge in [-0.1, -0.05) is 132 Å². The van der Waals surface area contributed by atoms with Crippen LogP contribution in [-0.2, 0) is 47.3 Å². The molecule has 5 rings (SSSR count). The molecule has 4 aromatic rings. The quantitative estimate of drug-likeness (QED) is 0.164. The lowest BCUT2D eigenvalue weighted by Crippen LogP contribution is -2.17. The van der Waals surface area contributed by atoms with Gasteiger partial charge >= 0.3 is 0 Å². The Morgan fingerprint density at radius 2 is 0.540 bits per heavy atom. The maximum atomic E-state index is 6.40. The minimum atomic E-state index is -0.00219. The van der Waals surface area contributed by atoms with E-state index in [2.05, 4.69) is 177 Å². The average molecular weight is 897 g/mol. The number of halogens is 2. The zero-order valence-electron chi connectivity index (χ0n) is 33.0. The third-order valence-electron chi connectivity index (χ3n) is 10.3. The first kappa shape index (κ1) is 39.2. The van der Waals surface area contributed by atoms with Crippen molar-refractivity contribution in [2.45, 2.75) is 130 Å². The second kappa shape index (κ2) is 14.1. The van der Waals surface area contributed by atoms with Crippen LogP contribution in [0.1, 0.15) is 150 Å². The molecule has 0 saturated carbocycles. The van der Waals surface area contributed by atoms with Gasteiger partial charge in [0.1, 0.15) is 11.5 Å². The number of fused-ring (bicyclic) bond motifs is 8. The summed E-state index contributed by atoms with van der Waals surface area (Å²) in [7, 11) is 3.71. The van der Waals surface area contributed by atoms with Gasteiger partial charge in [0.05, 0.1) is 14.2 Å². The van der Waals surface area contributed by atoms with Gasteiger partial charge in [-0.3, -0.25) is 0 Å². The molecule has 0 heterocycles. The van der Waals surface area contributed by atoms with Crippen LogP contribution in [0.3, 0.4) is 0 Å². The van der Waals surface area contributed by atoms with Crippen LogP contribution < -0.4 is 9.47 Å². The number of rotatable bonds is 2. The van der Waals surface area contributed by atoms with Crippen molar-refractivity contribution in [2.24, 2.45) is 0 Å². The zero-order valence-corrected chi connectivity index (χ0v) is 37.3. The SMILES string of the molecule is COc1c2cc(C(C)(C)C)cc1Cc1cc(C(C)(C)C)cc(c1I)Cc1cc(C(C)(C)C)cc(c1OC)Cc1cc(C(C)(C)C)cc(c1I)C2. The Morgan fingerprint density at radius 3 is 0.700 bits per heavy atom. The van der Waals surface area contributed by atoms with E-state index < -0.39 is 0 Å². The minimum Gasteiger partial charge on any atom is -0.496 e. The minimum absolute atomic E-state index is 0.00219. The summed E-state index contributed by atoms with van der Waals surface area (Å²) < 4.78 is 15.4. The van der Waals surface area contributed by atoms with E-state index in [1.807, 2.05) is 14.2 Å². The third kappa shape index (κ3) is 8.27. The van der Waals surface area contributed by atoms with E-state index in [0.29, 0.717) is 0 Å². The van der Waals surface area contributed by atoms with Crippen LogP contribution in [0, 0.1) is 7.14 Å². The Kier molecular flexibility index (Phi) is 11.0. The lowest BCUT2D eigenvalue weighted by atomic mass is 9.79. The molecule has 4 heteroatoms. The van der Waals surface area contributed by atoms with Crippen molar-refractivity contribution in [1.29, 1.82) is 0 Å². The van der Waals surface area contributed by atoms with Crippen LogP contribution in [0.5, 0.6) is 11.5 Å². The molecule has 0 saturated heterocycles. The molecule has 1 aliphatic carbocycles. The lowest BCUT2D eigenvalue weighted by Gasteiger charge is -2.28. The molecule has 1 aliphatic rings. The highest BCUT2D eigenvalue weighted by molar-refractivity contribution is 14.1. The summed E-state index contributed by atoms with van der Waals surface area (Å²) in [6.45, 7) is 27.9. The molecule has 0 amide bonds. The maximum Gasteiger partial charge on any atom is 0.125 e. The number of methoxy groups -OCH3 is 2. The van der Waals surface area contributed by atoms with Gasteiger partial charge in [0.25, 0.3) is 0 Å². The molecule has 2 nitrogen and oxygen atoms in total. The highest BCUT2D eigenvalue weighted by atomic mass is 127. The molecule has 0 radical (unpaired) electrons. The van der Waals surface area contributed by atoms with Gasteiger partial charge in [0, 0.05) is 32.8 Å². The Morgan fingerprint density at radius 1 is 0.360 bits per heavy atom. The topological polar surface area (TPSA) is 18.5 Å². The average Bonchev–Trinajstić information content (AvgIpc) is 2.98. The van der Waals surface area contributed by atoms with E-state index in [-0.39, 0.29) is 21.7 Å². The molecule has 268 valence electrons. The predicted molar refractivity (Wildman–Crippen MR) is 230 cm³/mol. The molecule has 0 fully saturated rings. The highest BCUT2D eigenvalue weighted by Crippen LogP contribution is 2.41. The van der Waals surface area contributed by atoms with Crippen molar-refractivity contribution in [2.75, 3.05) is 14.2 Å². The first-order valence-electron chi connectivity index (χ1n) is 18.0. The molecular formula is C46H58I2O2. The van der Waals surface area contributed by atoms with Crippen molar-refractivity contribution in [3.63, 3.8) is 0 Å². The van der Waals surface area contributed by atoms with Gasteiger partial charge in [0.15, 0.2) is 0 Å². The molecule has 0 N–H and O–H groups in total. The fourth-order valence-electron chi connectivity index (χ4n) is 7.13. The zero-order chi connectivity index (χ0) is 37.1. The second-order valence-corrected chi connectivity index (χ2v) is 20.7. The Labute approximate surface area is 330 Å². The van der Waals surface area contributed by atoms with Gasteiger partial charge in [-0.05, 0) is 134 Å². The number of benzene rings is 4. The number of ether oxygens (including phenoxy) is 2. The third-order valence-corrected chi connectivity index (χ3v) is 13.1. The van der Waals surface area contributed by atoms with Crippen molar-refractivity contribution in [3.8, 4) is 11.5 Å². The predicted octanol–water partition coefficient (Wildman–Crippen LogP) is 12.8. The molecule has 4 aromatic carbocycles. The van der Waals surface area contributed by atoms with E-state index in [1.54, 1.807) is 0 Å². The first-order chi connectivity index (χ1) is 23.0. The molecule has 0 aromatic heterocycles. The summed E-state index contributed by atoms with van der Waals surface area (Å²) in [5.74, 6) is 2.03. The molecule has 0 atom stereocenters. The first-order valence-corrected chi connectivity index (χ1v) is 20.2. The largest absolute Gasteiger partial charge is 0.496 e. The Bertz CT molecular complexity index is 1680. The Hall–Kier alpha value is -2.06. The van der Waals surface area contributed by atoms with Gasteiger partial charge < -0.3 is 9.47 Å². The standard InChI is InChI=1S/C46H58I2O2/c1-43(2,3)35-19-27-15-31-23-37(45(7,8)9)25-33(41(31)49-13)17-29-21-36(44(4,5)6)22-30(40(29)48)18-34-26-38(46(10,11)12)24-32(42(34)50-14)16-28(20-35)39(27)47/h19-26H,15-18H2,1-14H3. The fraction of sp³-hybridized carbons (Fsp3) is 0.478. The molecule has 0 aliphatic heterocycles. The molecular weight excluding hydrogens is 838 g/mol. The summed E-state index contributed by atoms with van der Waals surface area (Å²) in [5.41, 5.74) is 15.9. The van der Waals surface area contributed by atoms with Crippen LogP contribution in [-0.4, -0.2) is 14.2 Å². The van der Waals surface area contributed by atoms with Crippen LogP contribution in [0.25, 0.3) is 0 Å². The van der Waals surface area contributed by atoms with Crippen LogP contribution >= 0.6 is 45.2 Å². The van der Waals surface area contributed by atoms with Crippen molar-refractivity contribution in [1.82, 2.24) is 0 Å². The van der Waals surface area contributed by atoms with Gasteiger partial charge in [-0.2, -0.15) is 0 Å². The van der Waals surface area contributed by atoms with E-state index in [4.69, 9.17) is 9.47 Å². The molecule has 50 heavy (non-hydrogen) atoms. The van der Waals surface area contributed by atoms with Gasteiger partial charge in [-0.15, -0.1) is 0 Å². The van der Waals surface area contributed by atoms with Gasteiger partial charge in [-0.25, -0.2) is 0 Å². The van der Waals surface area contributed by atoms with Crippen LogP contribution in [0.2, 0.25) is 0 Å². The van der Waals surface area contributed by atoms with E-state index in [9.17, 15) is 0 Å². The summed E-state index contributed by atoms with van der Waals surface area (Å²) >= 11 is 5.24. The van der Waals surface area contributed by atoms with Crippen LogP contribution in [0.15, 0.2) is 48.5 Å². The molecule has 0 unspecified atom stereocenters. The lowest BCUT2D eigenvalue weighted by molar-refractivity contribution is 0.405. The van der Waals surface area contributed by atoms with E-state index >= 15 is 0 Å². The molecule has 0 spiro atoms. The summed E-state index contributed by atoms with van der Waals surface area (Å²) in [6, 6.07) is 19.5. The summed E-state index contributed by atoms with van der Waals surface area (Å²) in [5, 5.41) is 0. The fourth-order valence-corrected chi connectivity index (χ4v) is 8.51. The summed E-state index contributed by atoms with van der Waals surface area (Å²) in [4.78, 5) is 0. The monoisotopic (exact) mass is 896 g/mol. The second-order valence-electron chi connectivity index (χ2n) is 18.6. The van der Waals surface area contributed by atoms with Crippen molar-refractivity contribution in [3.05, 3.63) is 122 Å². The van der Waals surface area contributed by atoms with Crippen molar-refractivity contribution >= 4 is 45.2 Å². The maximum absolute atomic E-state index is 6.40. The smallest absolute Gasteiger partial charge is 0.125 e. The summed E-state index contributed by atoms with van der Waals surface area (Å²) in [6.07, 6.45) is 3.24. The van der Waals surface area contributed by atoms with Crippen molar-refractivity contribution < 1.29 is 9.47 Å². The van der Waals surface area contributed by atoms with Gasteiger partial charge in [0.2, 0.25) is 0 Å². The van der Waals surface area contributed by atoms with Crippen LogP contribution in [0.4, 0.5) is 0 Å². The highest BCUT2D eigenvalue weighted by Gasteiger charge is 2.27.